The van der Waals surface area contributed by atoms with E-state index < -0.39 is 5.97 Å². The number of rotatable bonds is 5. The summed E-state index contributed by atoms with van der Waals surface area (Å²) in [5.41, 5.74) is 0. The predicted octanol–water partition coefficient (Wildman–Crippen LogP) is 3.24. The van der Waals surface area contributed by atoms with Crippen LogP contribution in [0.1, 0.15) is 58.4 Å². The van der Waals surface area contributed by atoms with Gasteiger partial charge < -0.3 is 10.0 Å². The van der Waals surface area contributed by atoms with Crippen LogP contribution in [0.3, 0.4) is 0 Å². The summed E-state index contributed by atoms with van der Waals surface area (Å²) in [7, 11) is 0. The van der Waals surface area contributed by atoms with Crippen LogP contribution in [0, 0.1) is 0 Å². The Morgan fingerprint density at radius 1 is 1.42 bits per heavy atom. The van der Waals surface area contributed by atoms with Crippen molar-refractivity contribution in [1.29, 1.82) is 0 Å². The molecule has 0 saturated carbocycles. The molecule has 0 spiro atoms. The third-order valence-electron chi connectivity index (χ3n) is 3.56. The Morgan fingerprint density at radius 3 is 2.79 bits per heavy atom. The molecule has 1 aliphatic heterocycles. The quantitative estimate of drug-likeness (QED) is 0.901. The van der Waals surface area contributed by atoms with Gasteiger partial charge in [0, 0.05) is 12.6 Å². The maximum Gasteiger partial charge on any atom is 0.345 e. The van der Waals surface area contributed by atoms with Crippen molar-refractivity contribution in [1.82, 2.24) is 4.90 Å². The van der Waals surface area contributed by atoms with Crippen molar-refractivity contribution >= 4 is 23.2 Å². The number of hydrogen-bond donors (Lipinski definition) is 1. The van der Waals surface area contributed by atoms with E-state index in [9.17, 15) is 9.59 Å². The van der Waals surface area contributed by atoms with Crippen LogP contribution in [0.4, 0.5) is 0 Å². The molecule has 0 unspecified atom stereocenters. The summed E-state index contributed by atoms with van der Waals surface area (Å²) < 4.78 is 0. The Balaban J connectivity index is 2.07. The molecule has 0 aliphatic carbocycles. The first kappa shape index (κ1) is 14.1. The molecule has 1 aromatic heterocycles. The highest BCUT2D eigenvalue weighted by Gasteiger charge is 2.29. The maximum absolute atomic E-state index is 12.4. The lowest BCUT2D eigenvalue weighted by Crippen LogP contribution is -2.35. The van der Waals surface area contributed by atoms with E-state index in [0.29, 0.717) is 10.9 Å². The SMILES string of the molecule is CCCC[C@H]1CCCN1C(=O)c1ccc(C(=O)O)s1. The van der Waals surface area contributed by atoms with Crippen molar-refractivity contribution in [3.05, 3.63) is 21.9 Å². The number of nitrogens with zero attached hydrogens (tertiary/aromatic N) is 1. The molecule has 1 fully saturated rings. The zero-order valence-corrected chi connectivity index (χ0v) is 11.9. The molecule has 0 aromatic carbocycles. The minimum Gasteiger partial charge on any atom is -0.477 e. The number of carbonyl (C=O) groups is 2. The van der Waals surface area contributed by atoms with Crippen molar-refractivity contribution in [2.75, 3.05) is 6.54 Å². The Morgan fingerprint density at radius 2 is 2.16 bits per heavy atom. The Kier molecular flexibility index (Phi) is 4.58. The van der Waals surface area contributed by atoms with Crippen LogP contribution in [-0.4, -0.2) is 34.5 Å². The van der Waals surface area contributed by atoms with Gasteiger partial charge in [-0.1, -0.05) is 19.8 Å². The first-order valence-corrected chi connectivity index (χ1v) is 7.59. The van der Waals surface area contributed by atoms with Gasteiger partial charge in [0.2, 0.25) is 0 Å². The largest absolute Gasteiger partial charge is 0.477 e. The van der Waals surface area contributed by atoms with Gasteiger partial charge in [-0.25, -0.2) is 4.79 Å². The fourth-order valence-electron chi connectivity index (χ4n) is 2.55. The average molecular weight is 281 g/mol. The van der Waals surface area contributed by atoms with Crippen LogP contribution in [0.25, 0.3) is 0 Å². The van der Waals surface area contributed by atoms with Crippen LogP contribution in [0.15, 0.2) is 12.1 Å². The number of thiophene rings is 1. The number of hydrogen-bond acceptors (Lipinski definition) is 3. The molecule has 104 valence electrons. The lowest BCUT2D eigenvalue weighted by molar-refractivity contribution is 0.0700. The summed E-state index contributed by atoms with van der Waals surface area (Å²) in [6.45, 7) is 2.95. The summed E-state index contributed by atoms with van der Waals surface area (Å²) in [5, 5.41) is 8.90. The Bertz CT molecular complexity index is 469. The summed E-state index contributed by atoms with van der Waals surface area (Å²) in [6.07, 6.45) is 5.46. The molecule has 1 N–H and O–H groups in total. The molecule has 0 bridgehead atoms. The highest BCUT2D eigenvalue weighted by atomic mass is 32.1. The van der Waals surface area contributed by atoms with Gasteiger partial charge in [-0.3, -0.25) is 4.79 Å². The van der Waals surface area contributed by atoms with Gasteiger partial charge >= 0.3 is 5.97 Å². The van der Waals surface area contributed by atoms with Crippen LogP contribution < -0.4 is 0 Å². The van der Waals surface area contributed by atoms with E-state index in [-0.39, 0.29) is 10.8 Å². The lowest BCUT2D eigenvalue weighted by atomic mass is 10.1. The van der Waals surface area contributed by atoms with Gasteiger partial charge in [-0.2, -0.15) is 0 Å². The van der Waals surface area contributed by atoms with Gasteiger partial charge in [-0.15, -0.1) is 11.3 Å². The van der Waals surface area contributed by atoms with Crippen molar-refractivity contribution in [3.63, 3.8) is 0 Å². The lowest BCUT2D eigenvalue weighted by Gasteiger charge is -2.24. The smallest absolute Gasteiger partial charge is 0.345 e. The number of aromatic carboxylic acids is 1. The summed E-state index contributed by atoms with van der Waals surface area (Å²) >= 11 is 1.07. The van der Waals surface area contributed by atoms with E-state index in [1.807, 2.05) is 4.90 Å². The van der Waals surface area contributed by atoms with Crippen LogP contribution in [0.5, 0.6) is 0 Å². The number of carboxylic acids is 1. The van der Waals surface area contributed by atoms with Gasteiger partial charge in [0.25, 0.3) is 5.91 Å². The van der Waals surface area contributed by atoms with Gasteiger partial charge in [0.1, 0.15) is 4.88 Å². The Hall–Kier alpha value is -1.36. The second kappa shape index (κ2) is 6.19. The molecule has 1 amide bonds. The van der Waals surface area contributed by atoms with Gasteiger partial charge in [-0.05, 0) is 31.4 Å². The first-order valence-electron chi connectivity index (χ1n) is 6.77. The summed E-state index contributed by atoms with van der Waals surface area (Å²) in [4.78, 5) is 25.9. The highest BCUT2D eigenvalue weighted by Crippen LogP contribution is 2.26. The van der Waals surface area contributed by atoms with Gasteiger partial charge in [0.15, 0.2) is 0 Å². The van der Waals surface area contributed by atoms with E-state index in [4.69, 9.17) is 5.11 Å². The third-order valence-corrected chi connectivity index (χ3v) is 4.62. The minimum atomic E-state index is -0.965. The number of likely N-dealkylation sites (tertiary alicyclic amines) is 1. The molecule has 1 saturated heterocycles. The summed E-state index contributed by atoms with van der Waals surface area (Å²) in [6, 6.07) is 3.48. The first-order chi connectivity index (χ1) is 9.13. The number of carbonyl (C=O) groups excluding carboxylic acids is 1. The maximum atomic E-state index is 12.4. The fourth-order valence-corrected chi connectivity index (χ4v) is 3.35. The average Bonchev–Trinajstić information content (AvgIpc) is 3.04. The molecule has 1 atom stereocenters. The fraction of sp³-hybridized carbons (Fsp3) is 0.571. The van der Waals surface area contributed by atoms with Crippen molar-refractivity contribution in [2.45, 2.75) is 45.1 Å². The third kappa shape index (κ3) is 3.15. The normalized spacial score (nSPS) is 18.8. The molecule has 4 nitrogen and oxygen atoms in total. The highest BCUT2D eigenvalue weighted by molar-refractivity contribution is 7.15. The topological polar surface area (TPSA) is 57.6 Å². The molecule has 2 heterocycles. The zero-order chi connectivity index (χ0) is 13.8. The molecule has 2 rings (SSSR count). The second-order valence-corrected chi connectivity index (χ2v) is 5.99. The summed E-state index contributed by atoms with van der Waals surface area (Å²) in [5.74, 6) is -0.968. The van der Waals surface area contributed by atoms with E-state index in [1.165, 1.54) is 6.07 Å². The van der Waals surface area contributed by atoms with Crippen molar-refractivity contribution in [2.24, 2.45) is 0 Å². The van der Waals surface area contributed by atoms with Crippen molar-refractivity contribution in [3.8, 4) is 0 Å². The molecular formula is C14H19NO3S. The van der Waals surface area contributed by atoms with Gasteiger partial charge in [0.05, 0.1) is 4.88 Å². The Labute approximate surface area is 117 Å². The van der Waals surface area contributed by atoms with E-state index >= 15 is 0 Å². The second-order valence-electron chi connectivity index (χ2n) is 4.91. The zero-order valence-electron chi connectivity index (χ0n) is 11.1. The van der Waals surface area contributed by atoms with E-state index in [0.717, 1.165) is 50.0 Å². The standard InChI is InChI=1S/C14H19NO3S/c1-2-3-5-10-6-4-9-15(10)13(16)11-7-8-12(19-11)14(17)18/h7-8,10H,2-6,9H2,1H3,(H,17,18)/t10-/m0/s1. The molecule has 5 heteroatoms. The van der Waals surface area contributed by atoms with Crippen molar-refractivity contribution < 1.29 is 14.7 Å². The van der Waals surface area contributed by atoms with E-state index in [1.54, 1.807) is 6.07 Å². The van der Waals surface area contributed by atoms with Crippen LogP contribution in [0.2, 0.25) is 0 Å². The number of amides is 1. The molecule has 1 aliphatic rings. The molecular weight excluding hydrogens is 262 g/mol. The predicted molar refractivity (Wildman–Crippen MR) is 74.9 cm³/mol. The minimum absolute atomic E-state index is 0.00361. The molecule has 1 aromatic rings. The molecule has 0 radical (unpaired) electrons. The van der Waals surface area contributed by atoms with Crippen LogP contribution >= 0.6 is 11.3 Å². The number of unbranched alkanes of at least 4 members (excludes halogenated alkanes) is 1. The number of carboxylic acid groups (broad SMARTS) is 1. The van der Waals surface area contributed by atoms with Crippen LogP contribution in [-0.2, 0) is 0 Å². The molecule has 19 heavy (non-hydrogen) atoms. The monoisotopic (exact) mass is 281 g/mol. The van der Waals surface area contributed by atoms with E-state index in [2.05, 4.69) is 6.92 Å².